The van der Waals surface area contributed by atoms with E-state index >= 15 is 0 Å². The number of carbonyl (C=O) groups is 1. The molecule has 0 fully saturated rings. The van der Waals surface area contributed by atoms with E-state index in [4.69, 9.17) is 5.11 Å². The standard InChI is InChI=1S/C12H14N4O2/c1-9(17)6-15-12(18)10-2-3-11(14-7-10)16-5-4-13-8-16/h2-5,7-9,17H,6H2,1H3,(H,15,18)/t9-/m0/s1. The highest BCUT2D eigenvalue weighted by atomic mass is 16.3. The topological polar surface area (TPSA) is 80.0 Å². The molecule has 0 aromatic carbocycles. The lowest BCUT2D eigenvalue weighted by Crippen LogP contribution is -2.30. The average molecular weight is 246 g/mol. The van der Waals surface area contributed by atoms with Gasteiger partial charge in [0.25, 0.3) is 5.91 Å². The number of hydrogen-bond acceptors (Lipinski definition) is 4. The van der Waals surface area contributed by atoms with Gasteiger partial charge >= 0.3 is 0 Å². The number of rotatable bonds is 4. The molecule has 2 heterocycles. The number of aliphatic hydroxyl groups is 1. The zero-order valence-electron chi connectivity index (χ0n) is 9.95. The van der Waals surface area contributed by atoms with Gasteiger partial charge in [0.1, 0.15) is 12.1 Å². The summed E-state index contributed by atoms with van der Waals surface area (Å²) < 4.78 is 1.75. The number of aliphatic hydroxyl groups excluding tert-OH is 1. The van der Waals surface area contributed by atoms with E-state index in [1.54, 1.807) is 42.3 Å². The van der Waals surface area contributed by atoms with Crippen LogP contribution in [0.1, 0.15) is 17.3 Å². The van der Waals surface area contributed by atoms with Crippen molar-refractivity contribution in [2.24, 2.45) is 0 Å². The van der Waals surface area contributed by atoms with E-state index < -0.39 is 6.10 Å². The zero-order chi connectivity index (χ0) is 13.0. The van der Waals surface area contributed by atoms with Crippen molar-refractivity contribution in [3.8, 4) is 5.82 Å². The average Bonchev–Trinajstić information content (AvgIpc) is 2.90. The van der Waals surface area contributed by atoms with E-state index in [0.29, 0.717) is 11.4 Å². The van der Waals surface area contributed by atoms with Gasteiger partial charge in [0, 0.05) is 25.1 Å². The van der Waals surface area contributed by atoms with Crippen molar-refractivity contribution in [1.29, 1.82) is 0 Å². The molecule has 0 saturated heterocycles. The predicted octanol–water partition coefficient (Wildman–Crippen LogP) is 0.378. The van der Waals surface area contributed by atoms with Gasteiger partial charge in [-0.1, -0.05) is 0 Å². The largest absolute Gasteiger partial charge is 0.392 e. The molecule has 6 heteroatoms. The zero-order valence-corrected chi connectivity index (χ0v) is 9.95. The van der Waals surface area contributed by atoms with E-state index in [0.717, 1.165) is 0 Å². The van der Waals surface area contributed by atoms with Gasteiger partial charge < -0.3 is 10.4 Å². The van der Waals surface area contributed by atoms with Crippen molar-refractivity contribution in [2.45, 2.75) is 13.0 Å². The monoisotopic (exact) mass is 246 g/mol. The Morgan fingerprint density at radius 2 is 2.39 bits per heavy atom. The van der Waals surface area contributed by atoms with Gasteiger partial charge in [-0.05, 0) is 19.1 Å². The van der Waals surface area contributed by atoms with E-state index in [2.05, 4.69) is 15.3 Å². The van der Waals surface area contributed by atoms with Crippen LogP contribution in [0.3, 0.4) is 0 Å². The van der Waals surface area contributed by atoms with Crippen LogP contribution in [0.4, 0.5) is 0 Å². The molecule has 0 aliphatic rings. The Balaban J connectivity index is 2.06. The van der Waals surface area contributed by atoms with Crippen LogP contribution >= 0.6 is 0 Å². The third kappa shape index (κ3) is 2.92. The lowest BCUT2D eigenvalue weighted by atomic mass is 10.2. The Hall–Kier alpha value is -2.21. The number of hydrogen-bond donors (Lipinski definition) is 2. The van der Waals surface area contributed by atoms with Crippen LogP contribution < -0.4 is 5.32 Å². The van der Waals surface area contributed by atoms with Crippen molar-refractivity contribution in [3.05, 3.63) is 42.6 Å². The highest BCUT2D eigenvalue weighted by Gasteiger charge is 2.07. The molecule has 2 rings (SSSR count). The smallest absolute Gasteiger partial charge is 0.252 e. The fourth-order valence-corrected chi connectivity index (χ4v) is 1.41. The van der Waals surface area contributed by atoms with Crippen molar-refractivity contribution in [1.82, 2.24) is 19.9 Å². The lowest BCUT2D eigenvalue weighted by Gasteiger charge is -2.07. The number of pyridine rings is 1. The molecule has 2 aromatic heterocycles. The summed E-state index contributed by atoms with van der Waals surface area (Å²) in [4.78, 5) is 19.8. The number of imidazole rings is 1. The Labute approximate surface area is 104 Å². The Bertz CT molecular complexity index is 505. The number of aromatic nitrogens is 3. The molecule has 0 radical (unpaired) electrons. The molecule has 0 spiro atoms. The van der Waals surface area contributed by atoms with Crippen LogP contribution in [0.25, 0.3) is 5.82 Å². The SMILES string of the molecule is C[C@H](O)CNC(=O)c1ccc(-n2ccnc2)nc1. The summed E-state index contributed by atoms with van der Waals surface area (Å²) >= 11 is 0. The number of amides is 1. The van der Waals surface area contributed by atoms with Crippen LogP contribution in [0.15, 0.2) is 37.1 Å². The molecular formula is C12H14N4O2. The molecule has 6 nitrogen and oxygen atoms in total. The number of carbonyl (C=O) groups excluding carboxylic acids is 1. The number of nitrogens with zero attached hydrogens (tertiary/aromatic N) is 3. The summed E-state index contributed by atoms with van der Waals surface area (Å²) in [7, 11) is 0. The maximum Gasteiger partial charge on any atom is 0.252 e. The van der Waals surface area contributed by atoms with Crippen molar-refractivity contribution in [2.75, 3.05) is 6.54 Å². The molecule has 0 bridgehead atoms. The van der Waals surface area contributed by atoms with Crippen LogP contribution in [0, 0.1) is 0 Å². The molecule has 0 unspecified atom stereocenters. The van der Waals surface area contributed by atoms with E-state index in [1.807, 2.05) is 0 Å². The highest BCUT2D eigenvalue weighted by molar-refractivity contribution is 5.93. The lowest BCUT2D eigenvalue weighted by molar-refractivity contribution is 0.0923. The van der Waals surface area contributed by atoms with Crippen molar-refractivity contribution in [3.63, 3.8) is 0 Å². The first-order valence-electron chi connectivity index (χ1n) is 5.57. The highest BCUT2D eigenvalue weighted by Crippen LogP contribution is 2.05. The molecule has 2 aromatic rings. The molecule has 0 aliphatic heterocycles. The summed E-state index contributed by atoms with van der Waals surface area (Å²) in [6.45, 7) is 1.84. The molecule has 1 atom stereocenters. The normalized spacial score (nSPS) is 12.1. The van der Waals surface area contributed by atoms with Crippen molar-refractivity contribution < 1.29 is 9.90 Å². The maximum atomic E-state index is 11.7. The van der Waals surface area contributed by atoms with Crippen LogP contribution in [0.2, 0.25) is 0 Å². The fourth-order valence-electron chi connectivity index (χ4n) is 1.41. The second kappa shape index (κ2) is 5.42. The second-order valence-corrected chi connectivity index (χ2v) is 3.93. The van der Waals surface area contributed by atoms with Gasteiger partial charge in [-0.15, -0.1) is 0 Å². The van der Waals surface area contributed by atoms with Gasteiger partial charge in [0.05, 0.1) is 11.7 Å². The Morgan fingerprint density at radius 3 is 2.94 bits per heavy atom. The van der Waals surface area contributed by atoms with Crippen molar-refractivity contribution >= 4 is 5.91 Å². The molecule has 1 amide bonds. The van der Waals surface area contributed by atoms with Crippen LogP contribution in [-0.4, -0.2) is 38.2 Å². The predicted molar refractivity (Wildman–Crippen MR) is 65.4 cm³/mol. The molecule has 0 saturated carbocycles. The summed E-state index contributed by atoms with van der Waals surface area (Å²) in [6, 6.07) is 3.42. The van der Waals surface area contributed by atoms with Gasteiger partial charge in [0.2, 0.25) is 0 Å². The second-order valence-electron chi connectivity index (χ2n) is 3.93. The summed E-state index contributed by atoms with van der Waals surface area (Å²) in [5.41, 5.74) is 0.458. The maximum absolute atomic E-state index is 11.7. The Morgan fingerprint density at radius 1 is 1.56 bits per heavy atom. The fraction of sp³-hybridized carbons (Fsp3) is 0.250. The summed E-state index contributed by atoms with van der Waals surface area (Å²) in [6.07, 6.45) is 6.00. The molecule has 2 N–H and O–H groups in total. The minimum atomic E-state index is -0.563. The van der Waals surface area contributed by atoms with E-state index in [1.165, 1.54) is 6.20 Å². The molecule has 0 aliphatic carbocycles. The minimum absolute atomic E-state index is 0.224. The third-order valence-corrected chi connectivity index (χ3v) is 2.34. The molecule has 18 heavy (non-hydrogen) atoms. The van der Waals surface area contributed by atoms with Gasteiger partial charge in [-0.3, -0.25) is 9.36 Å². The van der Waals surface area contributed by atoms with Gasteiger partial charge in [-0.2, -0.15) is 0 Å². The van der Waals surface area contributed by atoms with E-state index in [-0.39, 0.29) is 12.5 Å². The van der Waals surface area contributed by atoms with E-state index in [9.17, 15) is 4.79 Å². The quantitative estimate of drug-likeness (QED) is 0.817. The van der Waals surface area contributed by atoms with Gasteiger partial charge in [0.15, 0.2) is 0 Å². The van der Waals surface area contributed by atoms with Crippen LogP contribution in [0.5, 0.6) is 0 Å². The van der Waals surface area contributed by atoms with Crippen LogP contribution in [-0.2, 0) is 0 Å². The minimum Gasteiger partial charge on any atom is -0.392 e. The molecule has 94 valence electrons. The molecular weight excluding hydrogens is 232 g/mol. The first-order valence-corrected chi connectivity index (χ1v) is 5.57. The Kier molecular flexibility index (Phi) is 3.69. The first-order chi connectivity index (χ1) is 8.66. The summed E-state index contributed by atoms with van der Waals surface area (Å²) in [5.74, 6) is 0.445. The first kappa shape index (κ1) is 12.3. The summed E-state index contributed by atoms with van der Waals surface area (Å²) in [5, 5.41) is 11.7. The third-order valence-electron chi connectivity index (χ3n) is 2.34. The van der Waals surface area contributed by atoms with Gasteiger partial charge in [-0.25, -0.2) is 9.97 Å². The number of nitrogens with one attached hydrogen (secondary N) is 1.